The van der Waals surface area contributed by atoms with Crippen molar-refractivity contribution in [1.82, 2.24) is 14.7 Å². The smallest absolute Gasteiger partial charge is 0.0646 e. The molecule has 3 nitrogen and oxygen atoms in total. The Balaban J connectivity index is 2.01. The van der Waals surface area contributed by atoms with E-state index in [2.05, 4.69) is 53.6 Å². The summed E-state index contributed by atoms with van der Waals surface area (Å²) in [6, 6.07) is 0.556. The lowest BCUT2D eigenvalue weighted by Gasteiger charge is -2.28. The van der Waals surface area contributed by atoms with Crippen molar-refractivity contribution in [2.75, 3.05) is 20.1 Å². The second kappa shape index (κ2) is 5.37. The van der Waals surface area contributed by atoms with E-state index in [1.165, 1.54) is 12.8 Å². The molecule has 0 spiro atoms. The molecule has 0 unspecified atom stereocenters. The molecule has 1 aliphatic heterocycles. The van der Waals surface area contributed by atoms with E-state index in [-0.39, 0.29) is 0 Å². The Bertz CT molecular complexity index is 414. The molecule has 0 bridgehead atoms. The third-order valence-corrected chi connectivity index (χ3v) is 3.17. The molecule has 0 saturated carbocycles. The number of piperidine rings is 1. The zero-order valence-electron chi connectivity index (χ0n) is 11.0. The number of rotatable bonds is 1. The maximum Gasteiger partial charge on any atom is 0.0646 e. The van der Waals surface area contributed by atoms with E-state index in [0.29, 0.717) is 12.0 Å². The van der Waals surface area contributed by atoms with E-state index in [1.807, 2.05) is 6.20 Å². The highest BCUT2D eigenvalue weighted by atomic mass is 15.3. The van der Waals surface area contributed by atoms with Gasteiger partial charge in [0.1, 0.15) is 0 Å². The fraction of sp³-hybridized carbons (Fsp3) is 0.643. The van der Waals surface area contributed by atoms with E-state index < -0.39 is 0 Å². The van der Waals surface area contributed by atoms with Gasteiger partial charge >= 0.3 is 0 Å². The van der Waals surface area contributed by atoms with E-state index in [0.717, 1.165) is 18.7 Å². The number of nitrogens with zero attached hydrogens (tertiary/aromatic N) is 3. The summed E-state index contributed by atoms with van der Waals surface area (Å²) in [5, 5.41) is 4.44. The third kappa shape index (κ3) is 3.34. The van der Waals surface area contributed by atoms with Crippen molar-refractivity contribution in [2.24, 2.45) is 5.92 Å². The van der Waals surface area contributed by atoms with Gasteiger partial charge in [-0.3, -0.25) is 4.68 Å². The van der Waals surface area contributed by atoms with Crippen molar-refractivity contribution in [3.63, 3.8) is 0 Å². The van der Waals surface area contributed by atoms with Crippen molar-refractivity contribution >= 4 is 0 Å². The van der Waals surface area contributed by atoms with Crippen LogP contribution in [0.4, 0.5) is 0 Å². The molecule has 1 aromatic rings. The normalized spacial score (nSPS) is 18.1. The van der Waals surface area contributed by atoms with Crippen molar-refractivity contribution in [3.05, 3.63) is 18.0 Å². The summed E-state index contributed by atoms with van der Waals surface area (Å²) in [7, 11) is 2.18. The molecule has 2 rings (SSSR count). The van der Waals surface area contributed by atoms with E-state index >= 15 is 0 Å². The fourth-order valence-corrected chi connectivity index (χ4v) is 2.09. The Morgan fingerprint density at radius 3 is 2.71 bits per heavy atom. The molecule has 1 saturated heterocycles. The first kappa shape index (κ1) is 12.2. The van der Waals surface area contributed by atoms with Crippen LogP contribution in [0, 0.1) is 17.8 Å². The molecule has 1 fully saturated rings. The Morgan fingerprint density at radius 1 is 1.35 bits per heavy atom. The van der Waals surface area contributed by atoms with E-state index in [1.54, 1.807) is 0 Å². The molecule has 17 heavy (non-hydrogen) atoms. The summed E-state index contributed by atoms with van der Waals surface area (Å²) >= 11 is 0. The zero-order valence-corrected chi connectivity index (χ0v) is 11.0. The Labute approximate surface area is 104 Å². The summed E-state index contributed by atoms with van der Waals surface area (Å²) in [6.45, 7) is 6.54. The van der Waals surface area contributed by atoms with Crippen molar-refractivity contribution in [2.45, 2.75) is 32.7 Å². The number of likely N-dealkylation sites (tertiary alicyclic amines) is 1. The molecule has 0 radical (unpaired) electrons. The summed E-state index contributed by atoms with van der Waals surface area (Å²) in [6.07, 6.45) is 6.35. The average molecular weight is 231 g/mol. The van der Waals surface area contributed by atoms with Crippen LogP contribution >= 0.6 is 0 Å². The molecule has 1 aromatic heterocycles. The highest BCUT2D eigenvalue weighted by Gasteiger charge is 2.18. The number of hydrogen-bond donors (Lipinski definition) is 0. The van der Waals surface area contributed by atoms with Crippen LogP contribution in [0.5, 0.6) is 0 Å². The van der Waals surface area contributed by atoms with Gasteiger partial charge in [-0.1, -0.05) is 25.7 Å². The number of aromatic nitrogens is 2. The average Bonchev–Trinajstić information content (AvgIpc) is 2.76. The standard InChI is InChI=1S/C14H21N3/c1-12(2)4-5-13-10-15-17(11-13)14-6-8-16(3)9-7-14/h10-12,14H,6-9H2,1-3H3. The first-order chi connectivity index (χ1) is 8.15. The molecule has 0 aliphatic carbocycles. The van der Waals surface area contributed by atoms with Gasteiger partial charge in [0.05, 0.1) is 17.8 Å². The quantitative estimate of drug-likeness (QED) is 0.691. The molecule has 92 valence electrons. The molecule has 0 aromatic carbocycles. The minimum Gasteiger partial charge on any atom is -0.306 e. The van der Waals surface area contributed by atoms with Gasteiger partial charge < -0.3 is 4.90 Å². The monoisotopic (exact) mass is 231 g/mol. The van der Waals surface area contributed by atoms with Gasteiger partial charge in [-0.15, -0.1) is 0 Å². The van der Waals surface area contributed by atoms with Gasteiger partial charge in [0, 0.05) is 12.1 Å². The van der Waals surface area contributed by atoms with Gasteiger partial charge in [0.25, 0.3) is 0 Å². The van der Waals surface area contributed by atoms with E-state index in [4.69, 9.17) is 0 Å². The summed E-state index contributed by atoms with van der Waals surface area (Å²) in [5.74, 6) is 6.76. The lowest BCUT2D eigenvalue weighted by atomic mass is 10.1. The second-order valence-corrected chi connectivity index (χ2v) is 5.17. The molecule has 2 heterocycles. The van der Waals surface area contributed by atoms with Crippen LogP contribution in [-0.2, 0) is 0 Å². The van der Waals surface area contributed by atoms with Gasteiger partial charge in [-0.2, -0.15) is 5.10 Å². The summed E-state index contributed by atoms with van der Waals surface area (Å²) in [5.41, 5.74) is 1.04. The topological polar surface area (TPSA) is 21.1 Å². The number of hydrogen-bond acceptors (Lipinski definition) is 2. The Morgan fingerprint density at radius 2 is 2.06 bits per heavy atom. The maximum atomic E-state index is 4.44. The molecule has 3 heteroatoms. The van der Waals surface area contributed by atoms with Crippen LogP contribution in [0.2, 0.25) is 0 Å². The SMILES string of the molecule is CC(C)C#Cc1cnn(C2CCN(C)CC2)c1. The van der Waals surface area contributed by atoms with Crippen LogP contribution in [0.3, 0.4) is 0 Å². The van der Waals surface area contributed by atoms with Crippen LogP contribution in [-0.4, -0.2) is 34.8 Å². The highest BCUT2D eigenvalue weighted by molar-refractivity contribution is 5.30. The van der Waals surface area contributed by atoms with Crippen LogP contribution in [0.25, 0.3) is 0 Å². The zero-order chi connectivity index (χ0) is 12.3. The molecule has 0 amide bonds. The summed E-state index contributed by atoms with van der Waals surface area (Å²) in [4.78, 5) is 2.37. The third-order valence-electron chi connectivity index (χ3n) is 3.17. The minimum absolute atomic E-state index is 0.418. The molecule has 0 N–H and O–H groups in total. The largest absolute Gasteiger partial charge is 0.306 e. The lowest BCUT2D eigenvalue weighted by Crippen LogP contribution is -2.31. The first-order valence-corrected chi connectivity index (χ1v) is 6.39. The maximum absolute atomic E-state index is 4.44. The van der Waals surface area contributed by atoms with Crippen molar-refractivity contribution < 1.29 is 0 Å². The Hall–Kier alpha value is -1.27. The van der Waals surface area contributed by atoms with Crippen LogP contribution < -0.4 is 0 Å². The molecular formula is C14H21N3. The van der Waals surface area contributed by atoms with Gasteiger partial charge in [0.15, 0.2) is 0 Å². The van der Waals surface area contributed by atoms with E-state index in [9.17, 15) is 0 Å². The predicted octanol–water partition coefficient (Wildman–Crippen LogP) is 2.16. The van der Waals surface area contributed by atoms with Crippen LogP contribution in [0.15, 0.2) is 12.4 Å². The summed E-state index contributed by atoms with van der Waals surface area (Å²) < 4.78 is 2.09. The van der Waals surface area contributed by atoms with Gasteiger partial charge in [-0.25, -0.2) is 0 Å². The fourth-order valence-electron chi connectivity index (χ4n) is 2.09. The molecule has 0 atom stereocenters. The second-order valence-electron chi connectivity index (χ2n) is 5.17. The minimum atomic E-state index is 0.418. The van der Waals surface area contributed by atoms with Crippen LogP contribution in [0.1, 0.15) is 38.3 Å². The molecular weight excluding hydrogens is 210 g/mol. The van der Waals surface area contributed by atoms with Gasteiger partial charge in [0.2, 0.25) is 0 Å². The lowest BCUT2D eigenvalue weighted by molar-refractivity contribution is 0.212. The Kier molecular flexibility index (Phi) is 3.86. The molecule has 1 aliphatic rings. The predicted molar refractivity (Wildman–Crippen MR) is 69.7 cm³/mol. The van der Waals surface area contributed by atoms with Crippen molar-refractivity contribution in [1.29, 1.82) is 0 Å². The van der Waals surface area contributed by atoms with Crippen molar-refractivity contribution in [3.8, 4) is 11.8 Å². The van der Waals surface area contributed by atoms with Gasteiger partial charge in [-0.05, 0) is 33.0 Å². The highest BCUT2D eigenvalue weighted by Crippen LogP contribution is 2.20. The first-order valence-electron chi connectivity index (χ1n) is 6.39.